The van der Waals surface area contributed by atoms with Crippen molar-refractivity contribution >= 4 is 23.3 Å². The Bertz CT molecular complexity index is 823. The van der Waals surface area contributed by atoms with Crippen molar-refractivity contribution in [3.63, 3.8) is 0 Å². The zero-order chi connectivity index (χ0) is 22.9. The van der Waals surface area contributed by atoms with Gasteiger partial charge in [0.05, 0.1) is 0 Å². The summed E-state index contributed by atoms with van der Waals surface area (Å²) in [5, 5.41) is 3.78. The molecule has 3 atom stereocenters. The summed E-state index contributed by atoms with van der Waals surface area (Å²) in [6.45, 7) is 1.90. The van der Waals surface area contributed by atoms with Crippen molar-refractivity contribution in [2.75, 3.05) is 10.6 Å². The largest absolute Gasteiger partial charge is 0.408 e. The summed E-state index contributed by atoms with van der Waals surface area (Å²) >= 11 is 0. The molecular weight excluding hydrogens is 430 g/mol. The molecule has 2 N–H and O–H groups in total. The molecule has 1 aliphatic rings. The van der Waals surface area contributed by atoms with Gasteiger partial charge in [0, 0.05) is 5.57 Å². The van der Waals surface area contributed by atoms with E-state index in [1.807, 2.05) is 10.6 Å². The highest BCUT2D eigenvalue weighted by Gasteiger charge is 2.40. The third-order valence-corrected chi connectivity index (χ3v) is 4.26. The van der Waals surface area contributed by atoms with Crippen LogP contribution in [-0.4, -0.2) is 51.3 Å². The number of carbonyl (C=O) groups excluding carboxylic acids is 1. The first kappa shape index (κ1) is 23.7. The molecule has 30 heavy (non-hydrogen) atoms. The zero-order valence-corrected chi connectivity index (χ0v) is 15.6. The van der Waals surface area contributed by atoms with Crippen LogP contribution in [0.25, 0.3) is 5.57 Å². The summed E-state index contributed by atoms with van der Waals surface area (Å²) in [4.78, 5) is 22.2. The lowest BCUT2D eigenvalue weighted by atomic mass is 9.95. The van der Waals surface area contributed by atoms with Gasteiger partial charge in [-0.1, -0.05) is 6.92 Å². The van der Waals surface area contributed by atoms with Crippen molar-refractivity contribution in [3.05, 3.63) is 11.7 Å². The van der Waals surface area contributed by atoms with Gasteiger partial charge in [0.1, 0.15) is 12.1 Å². The Labute approximate surface area is 165 Å². The highest BCUT2D eigenvalue weighted by molar-refractivity contribution is 6.04. The van der Waals surface area contributed by atoms with Crippen LogP contribution in [0.1, 0.15) is 38.9 Å². The number of hydrogen-bond acceptors (Lipinski definition) is 6. The summed E-state index contributed by atoms with van der Waals surface area (Å²) < 4.78 is 105. The van der Waals surface area contributed by atoms with Gasteiger partial charge in [-0.3, -0.25) is 4.79 Å². The van der Waals surface area contributed by atoms with E-state index in [1.165, 1.54) is 6.92 Å². The van der Waals surface area contributed by atoms with Gasteiger partial charge < -0.3 is 10.6 Å². The Kier molecular flexibility index (Phi) is 6.87. The number of nitrogens with zero attached hydrogens (tertiary/aromatic N) is 3. The van der Waals surface area contributed by atoms with Crippen molar-refractivity contribution in [1.29, 1.82) is 0 Å². The quantitative estimate of drug-likeness (QED) is 0.631. The molecule has 0 fully saturated rings. The molecule has 2 rings (SSSR count). The van der Waals surface area contributed by atoms with Crippen molar-refractivity contribution < 1.29 is 39.9 Å². The Balaban J connectivity index is 2.51. The number of hydrogen-bond donors (Lipinski definition) is 2. The van der Waals surface area contributed by atoms with Crippen LogP contribution in [0.3, 0.4) is 0 Å². The third kappa shape index (κ3) is 5.53. The van der Waals surface area contributed by atoms with E-state index in [9.17, 15) is 39.9 Å². The average Bonchev–Trinajstić information content (AvgIpc) is 2.62. The molecule has 0 aliphatic heterocycles. The summed E-state index contributed by atoms with van der Waals surface area (Å²) in [5.74, 6) is -5.27. The van der Waals surface area contributed by atoms with Crippen LogP contribution in [0.4, 0.5) is 47.0 Å². The number of carbonyl (C=O) groups is 1. The fraction of sp³-hybridized carbons (Fsp3) is 0.625. The number of alkyl halides is 7. The molecule has 0 radical (unpaired) electrons. The van der Waals surface area contributed by atoms with Crippen LogP contribution >= 0.6 is 0 Å². The highest BCUT2D eigenvalue weighted by atomic mass is 19.4. The van der Waals surface area contributed by atoms with Gasteiger partial charge in [-0.15, -0.1) is 0 Å². The molecule has 0 spiro atoms. The predicted octanol–water partition coefficient (Wildman–Crippen LogP) is 4.37. The average molecular weight is 447 g/mol. The van der Waals surface area contributed by atoms with Crippen LogP contribution in [0.15, 0.2) is 5.83 Å². The standard InChI is InChI=1S/C16H17F8N5O/c1-3-9(16(22,23)24)26-14-28-12(7-4-5-8(17)11(30)10(7)18)27-13(29-14)25-6(2)15(19,20)21/h6,8-9H,3-5H2,1-2H3,(H2,25,26,27,28,29)/t6-,8-,9-/m1/s1. The topological polar surface area (TPSA) is 79.8 Å². The van der Waals surface area contributed by atoms with E-state index < -0.39 is 78.4 Å². The predicted molar refractivity (Wildman–Crippen MR) is 89.9 cm³/mol. The fourth-order valence-corrected chi connectivity index (χ4v) is 2.49. The monoisotopic (exact) mass is 447 g/mol. The second kappa shape index (κ2) is 8.68. The van der Waals surface area contributed by atoms with Gasteiger partial charge in [-0.25, -0.2) is 8.78 Å². The second-order valence-corrected chi connectivity index (χ2v) is 6.52. The fourth-order valence-electron chi connectivity index (χ4n) is 2.49. The SMILES string of the molecule is CC[C@@H](Nc1nc(N[C@H](C)C(F)(F)F)nc(C2=C(F)C(=O)[C@H](F)CC2)n1)C(F)(F)F. The van der Waals surface area contributed by atoms with E-state index in [1.54, 1.807) is 0 Å². The van der Waals surface area contributed by atoms with E-state index in [2.05, 4.69) is 15.0 Å². The maximum Gasteiger partial charge on any atom is 0.408 e. The van der Waals surface area contributed by atoms with Crippen LogP contribution < -0.4 is 10.6 Å². The number of aromatic nitrogens is 3. The number of ketones is 1. The van der Waals surface area contributed by atoms with Crippen molar-refractivity contribution in [2.24, 2.45) is 0 Å². The van der Waals surface area contributed by atoms with E-state index in [0.717, 1.165) is 0 Å². The van der Waals surface area contributed by atoms with Gasteiger partial charge in [0.25, 0.3) is 0 Å². The Morgan fingerprint density at radius 1 is 1.03 bits per heavy atom. The summed E-state index contributed by atoms with van der Waals surface area (Å²) in [6, 6.07) is -4.35. The normalized spacial score (nSPS) is 20.2. The summed E-state index contributed by atoms with van der Waals surface area (Å²) in [5.41, 5.74) is -0.526. The van der Waals surface area contributed by atoms with E-state index in [0.29, 0.717) is 6.92 Å². The first-order valence-corrected chi connectivity index (χ1v) is 8.73. The third-order valence-electron chi connectivity index (χ3n) is 4.26. The number of allylic oxidation sites excluding steroid dienone is 2. The molecule has 168 valence electrons. The Morgan fingerprint density at radius 3 is 2.10 bits per heavy atom. The molecule has 1 heterocycles. The van der Waals surface area contributed by atoms with Gasteiger partial charge in [-0.05, 0) is 26.2 Å². The van der Waals surface area contributed by atoms with Crippen LogP contribution in [-0.2, 0) is 4.79 Å². The number of halogens is 8. The van der Waals surface area contributed by atoms with Gasteiger partial charge in [0.15, 0.2) is 17.8 Å². The van der Waals surface area contributed by atoms with Crippen molar-refractivity contribution in [1.82, 2.24) is 15.0 Å². The number of Topliss-reactive ketones (excluding diaryl/α,β-unsaturated/α-hetero) is 1. The second-order valence-electron chi connectivity index (χ2n) is 6.52. The van der Waals surface area contributed by atoms with Gasteiger partial charge >= 0.3 is 12.4 Å². The van der Waals surface area contributed by atoms with Crippen LogP contribution in [0, 0.1) is 0 Å². The molecule has 1 aliphatic carbocycles. The molecule has 1 aromatic heterocycles. The van der Waals surface area contributed by atoms with Gasteiger partial charge in [-0.2, -0.15) is 41.3 Å². The number of rotatable bonds is 6. The van der Waals surface area contributed by atoms with Crippen LogP contribution in [0.5, 0.6) is 0 Å². The minimum Gasteiger partial charge on any atom is -0.343 e. The van der Waals surface area contributed by atoms with Gasteiger partial charge in [0.2, 0.25) is 17.7 Å². The van der Waals surface area contributed by atoms with Crippen molar-refractivity contribution in [3.8, 4) is 0 Å². The zero-order valence-electron chi connectivity index (χ0n) is 15.6. The molecule has 0 bridgehead atoms. The molecule has 0 aromatic carbocycles. The first-order valence-electron chi connectivity index (χ1n) is 8.73. The molecule has 0 unspecified atom stereocenters. The maximum absolute atomic E-state index is 14.2. The molecule has 14 heteroatoms. The lowest BCUT2D eigenvalue weighted by Gasteiger charge is -2.22. The number of anilines is 2. The van der Waals surface area contributed by atoms with E-state index in [-0.39, 0.29) is 6.42 Å². The minimum absolute atomic E-state index is 0.382. The van der Waals surface area contributed by atoms with Crippen LogP contribution in [0.2, 0.25) is 0 Å². The Morgan fingerprint density at radius 2 is 1.60 bits per heavy atom. The molecule has 6 nitrogen and oxygen atoms in total. The minimum atomic E-state index is -4.74. The molecule has 0 saturated carbocycles. The van der Waals surface area contributed by atoms with E-state index in [4.69, 9.17) is 0 Å². The first-order chi connectivity index (χ1) is 13.7. The summed E-state index contributed by atoms with van der Waals surface area (Å²) in [6.07, 6.45) is -12.9. The molecular formula is C16H17F8N5O. The maximum atomic E-state index is 14.2. The molecule has 1 aromatic rings. The highest BCUT2D eigenvalue weighted by Crippen LogP contribution is 2.32. The molecule has 0 saturated heterocycles. The lowest BCUT2D eigenvalue weighted by Crippen LogP contribution is -2.37. The van der Waals surface area contributed by atoms with E-state index >= 15 is 0 Å². The van der Waals surface area contributed by atoms with Crippen molar-refractivity contribution in [2.45, 2.75) is 63.7 Å². The Hall–Kier alpha value is -2.54. The number of nitrogens with one attached hydrogen (secondary N) is 2. The summed E-state index contributed by atoms with van der Waals surface area (Å²) in [7, 11) is 0. The smallest absolute Gasteiger partial charge is 0.343 e. The lowest BCUT2D eigenvalue weighted by molar-refractivity contribution is -0.143. The molecule has 0 amide bonds.